The van der Waals surface area contributed by atoms with Gasteiger partial charge in [0.15, 0.2) is 0 Å². The summed E-state index contributed by atoms with van der Waals surface area (Å²) in [6, 6.07) is 0. The van der Waals surface area contributed by atoms with E-state index in [1.54, 1.807) is 0 Å². The molecule has 1 aliphatic carbocycles. The van der Waals surface area contributed by atoms with Crippen LogP contribution in [0.4, 0.5) is 0 Å². The topological polar surface area (TPSA) is 17.1 Å². The molecule has 1 heteroatoms. The third-order valence-electron chi connectivity index (χ3n) is 1.000. The van der Waals surface area contributed by atoms with Crippen LogP contribution in [0.5, 0.6) is 0 Å². The van der Waals surface area contributed by atoms with Gasteiger partial charge in [-0.15, -0.1) is 0 Å². The molecule has 0 aromatic carbocycles. The lowest BCUT2D eigenvalue weighted by molar-refractivity contribution is -0.114. The smallest absolute Gasteiger partial charge is 0.126 e. The second-order valence-electron chi connectivity index (χ2n) is 2.32. The van der Waals surface area contributed by atoms with Crippen LogP contribution in [-0.4, -0.2) is 5.78 Å². The zero-order valence-electron chi connectivity index (χ0n) is 5.74. The molecular weight excluding hydrogens is 100 g/mol. The molecule has 0 saturated heterocycles. The predicted molar refractivity (Wildman–Crippen MR) is 34.8 cm³/mol. The first-order valence-corrected chi connectivity index (χ1v) is 3.20. The minimum Gasteiger partial charge on any atom is -0.300 e. The van der Waals surface area contributed by atoms with E-state index in [0.29, 0.717) is 0 Å². The van der Waals surface area contributed by atoms with E-state index in [0.717, 1.165) is 0 Å². The Bertz CT molecular complexity index is 54.8. The fourth-order valence-corrected chi connectivity index (χ4v) is 0.250. The minimum absolute atomic E-state index is 0.167. The summed E-state index contributed by atoms with van der Waals surface area (Å²) in [6.07, 6.45) is 6.00. The van der Waals surface area contributed by atoms with E-state index in [2.05, 4.69) is 0 Å². The molecule has 0 unspecified atom stereocenters. The van der Waals surface area contributed by atoms with Gasteiger partial charge in [0, 0.05) is 0 Å². The molecule has 0 aromatic rings. The number of ketones is 1. The van der Waals surface area contributed by atoms with Crippen molar-refractivity contribution in [2.45, 2.75) is 39.5 Å². The van der Waals surface area contributed by atoms with Gasteiger partial charge >= 0.3 is 0 Å². The number of hydrogen-bond donors (Lipinski definition) is 0. The summed E-state index contributed by atoms with van der Waals surface area (Å²) in [5.74, 6) is 0.167. The average Bonchev–Trinajstić information content (AvgIpc) is 1.19. The van der Waals surface area contributed by atoms with Gasteiger partial charge in [0.25, 0.3) is 0 Å². The average molecular weight is 114 g/mol. The highest BCUT2D eigenvalue weighted by atomic mass is 16.1. The van der Waals surface area contributed by atoms with Crippen molar-refractivity contribution in [3.05, 3.63) is 0 Å². The van der Waals surface area contributed by atoms with Crippen LogP contribution in [0, 0.1) is 0 Å². The highest BCUT2D eigenvalue weighted by Gasteiger charge is 1.95. The quantitative estimate of drug-likeness (QED) is 0.471. The molecule has 1 saturated carbocycles. The van der Waals surface area contributed by atoms with Gasteiger partial charge in [0.2, 0.25) is 0 Å². The Labute approximate surface area is 51.1 Å². The number of carbonyl (C=O) groups excluding carboxylic acids is 1. The van der Waals surface area contributed by atoms with E-state index >= 15 is 0 Å². The summed E-state index contributed by atoms with van der Waals surface area (Å²) in [5.41, 5.74) is 0. The van der Waals surface area contributed by atoms with Gasteiger partial charge in [-0.25, -0.2) is 0 Å². The van der Waals surface area contributed by atoms with Crippen LogP contribution in [0.1, 0.15) is 39.5 Å². The number of rotatable bonds is 0. The summed E-state index contributed by atoms with van der Waals surface area (Å²) in [4.78, 5) is 9.44. The van der Waals surface area contributed by atoms with Crippen LogP contribution in [0.15, 0.2) is 0 Å². The van der Waals surface area contributed by atoms with E-state index in [1.165, 1.54) is 39.5 Å². The molecule has 0 spiro atoms. The largest absolute Gasteiger partial charge is 0.300 e. The van der Waals surface area contributed by atoms with Crippen LogP contribution in [-0.2, 0) is 4.79 Å². The zero-order valence-corrected chi connectivity index (χ0v) is 5.74. The summed E-state index contributed by atoms with van der Waals surface area (Å²) in [5, 5.41) is 0. The molecule has 48 valence electrons. The van der Waals surface area contributed by atoms with Gasteiger partial charge in [-0.05, 0) is 13.8 Å². The lowest BCUT2D eigenvalue weighted by Gasteiger charge is -2.05. The second kappa shape index (κ2) is 4.82. The number of Topliss-reactive ketones (excluding diaryl/α,β-unsaturated/α-hetero) is 1. The first-order chi connectivity index (χ1) is 3.73. The maximum atomic E-state index is 9.44. The van der Waals surface area contributed by atoms with Crippen molar-refractivity contribution in [1.29, 1.82) is 0 Å². The molecule has 0 N–H and O–H groups in total. The van der Waals surface area contributed by atoms with Crippen molar-refractivity contribution >= 4 is 5.78 Å². The Hall–Kier alpha value is -0.330. The van der Waals surface area contributed by atoms with Crippen LogP contribution < -0.4 is 0 Å². The lowest BCUT2D eigenvalue weighted by atomic mass is 10.0. The summed E-state index contributed by atoms with van der Waals surface area (Å²) in [6.45, 7) is 3.06. The maximum absolute atomic E-state index is 9.44. The fraction of sp³-hybridized carbons (Fsp3) is 0.857. The van der Waals surface area contributed by atoms with Gasteiger partial charge in [0.1, 0.15) is 5.78 Å². The van der Waals surface area contributed by atoms with Gasteiger partial charge in [-0.2, -0.15) is 0 Å². The Balaban J connectivity index is 0.000000122. The minimum atomic E-state index is 0.167. The first-order valence-electron chi connectivity index (χ1n) is 3.20. The maximum Gasteiger partial charge on any atom is 0.126 e. The molecule has 0 aliphatic heterocycles. The Morgan fingerprint density at radius 1 is 1.00 bits per heavy atom. The number of carbonyl (C=O) groups is 1. The van der Waals surface area contributed by atoms with Crippen molar-refractivity contribution < 1.29 is 4.79 Å². The van der Waals surface area contributed by atoms with Crippen LogP contribution in [0.2, 0.25) is 0 Å². The molecule has 1 aliphatic rings. The monoisotopic (exact) mass is 114 g/mol. The highest BCUT2D eigenvalue weighted by molar-refractivity contribution is 5.72. The molecular formula is C7H14O. The summed E-state index contributed by atoms with van der Waals surface area (Å²) in [7, 11) is 0. The van der Waals surface area contributed by atoms with Crippen molar-refractivity contribution in [3.63, 3.8) is 0 Å². The van der Waals surface area contributed by atoms with Gasteiger partial charge in [0.05, 0.1) is 0 Å². The Kier molecular flexibility index (Phi) is 4.62. The summed E-state index contributed by atoms with van der Waals surface area (Å²) < 4.78 is 0. The molecule has 0 bridgehead atoms. The molecule has 1 nitrogen and oxygen atoms in total. The molecule has 1 rings (SSSR count). The molecule has 8 heavy (non-hydrogen) atoms. The first kappa shape index (κ1) is 7.67. The predicted octanol–water partition coefficient (Wildman–Crippen LogP) is 2.16. The zero-order chi connectivity index (χ0) is 6.41. The van der Waals surface area contributed by atoms with E-state index in [4.69, 9.17) is 0 Å². The van der Waals surface area contributed by atoms with E-state index in [1.807, 2.05) is 0 Å². The Morgan fingerprint density at radius 3 is 1.12 bits per heavy atom. The van der Waals surface area contributed by atoms with E-state index in [9.17, 15) is 4.79 Å². The third kappa shape index (κ3) is 9.18. The van der Waals surface area contributed by atoms with Gasteiger partial charge in [-0.3, -0.25) is 0 Å². The van der Waals surface area contributed by atoms with E-state index in [-0.39, 0.29) is 5.78 Å². The number of hydrogen-bond acceptors (Lipinski definition) is 1. The fourth-order valence-electron chi connectivity index (χ4n) is 0.250. The molecule has 0 radical (unpaired) electrons. The van der Waals surface area contributed by atoms with Gasteiger partial charge in [-0.1, -0.05) is 25.7 Å². The summed E-state index contributed by atoms with van der Waals surface area (Å²) >= 11 is 0. The van der Waals surface area contributed by atoms with Crippen LogP contribution in [0.25, 0.3) is 0 Å². The molecule has 1 fully saturated rings. The molecule has 0 amide bonds. The Morgan fingerprint density at radius 2 is 1.12 bits per heavy atom. The molecule has 0 atom stereocenters. The second-order valence-corrected chi connectivity index (χ2v) is 2.32. The van der Waals surface area contributed by atoms with Crippen molar-refractivity contribution in [1.82, 2.24) is 0 Å². The van der Waals surface area contributed by atoms with Gasteiger partial charge < -0.3 is 4.79 Å². The SMILES string of the molecule is C1CCC1.CC(C)=O. The van der Waals surface area contributed by atoms with Crippen LogP contribution in [0.3, 0.4) is 0 Å². The normalized spacial score (nSPS) is 15.2. The lowest BCUT2D eigenvalue weighted by Crippen LogP contribution is -1.85. The highest BCUT2D eigenvalue weighted by Crippen LogP contribution is 2.15. The third-order valence-corrected chi connectivity index (χ3v) is 1.000. The van der Waals surface area contributed by atoms with Crippen molar-refractivity contribution in [2.24, 2.45) is 0 Å². The van der Waals surface area contributed by atoms with Crippen molar-refractivity contribution in [2.75, 3.05) is 0 Å². The standard InChI is InChI=1S/C4H8.C3H6O/c1-2-4-3-1;1-3(2)4/h1-4H2;1-2H3. The molecule has 0 heterocycles. The van der Waals surface area contributed by atoms with E-state index < -0.39 is 0 Å². The molecule has 0 aromatic heterocycles. The van der Waals surface area contributed by atoms with Crippen LogP contribution >= 0.6 is 0 Å². The van der Waals surface area contributed by atoms with Crippen molar-refractivity contribution in [3.8, 4) is 0 Å².